The average molecular weight is 490 g/mol. The van der Waals surface area contributed by atoms with Crippen molar-refractivity contribution in [2.24, 2.45) is 10.7 Å². The summed E-state index contributed by atoms with van der Waals surface area (Å²) in [5, 5.41) is 19.0. The van der Waals surface area contributed by atoms with Crippen molar-refractivity contribution in [1.29, 1.82) is 0 Å². The standard InChI is InChI=1S/C28H23N7O2/c1-37-21-13-7-18(8-14-21)25-32-33-26-23-6-3-2-5-22(23)24(34-35(25)26)31-20-11-9-19(10-12-20)28(27(29)36)15-4-16-30-17-28/h2-16H,17H2,1H3,(H2,29,36)(H,31,34). The molecule has 0 bridgehead atoms. The number of ether oxygens (including phenoxy) is 1. The number of benzene rings is 3. The number of allylic oxidation sites excluding steroid dienone is 1. The highest BCUT2D eigenvalue weighted by Crippen LogP contribution is 2.32. The second-order valence-corrected chi connectivity index (χ2v) is 8.77. The van der Waals surface area contributed by atoms with Crippen molar-refractivity contribution in [3.05, 3.63) is 90.5 Å². The molecule has 3 heterocycles. The second kappa shape index (κ2) is 8.87. The van der Waals surface area contributed by atoms with Crippen LogP contribution in [0.25, 0.3) is 27.8 Å². The SMILES string of the molecule is COc1ccc(-c2nnc3c4ccccc4c(Nc4ccc(C5(C(N)=O)C=CC=NC5)cc4)nn23)cc1. The number of anilines is 2. The van der Waals surface area contributed by atoms with Gasteiger partial charge in [-0.3, -0.25) is 9.79 Å². The topological polar surface area (TPSA) is 120 Å². The van der Waals surface area contributed by atoms with Crippen LogP contribution >= 0.6 is 0 Å². The van der Waals surface area contributed by atoms with Gasteiger partial charge in [-0.05, 0) is 48.0 Å². The molecule has 0 aliphatic carbocycles. The van der Waals surface area contributed by atoms with Crippen LogP contribution in [0.1, 0.15) is 5.56 Å². The lowest BCUT2D eigenvalue weighted by Crippen LogP contribution is -2.43. The first kappa shape index (κ1) is 22.4. The summed E-state index contributed by atoms with van der Waals surface area (Å²) in [6.07, 6.45) is 5.24. The van der Waals surface area contributed by atoms with Gasteiger partial charge < -0.3 is 15.8 Å². The Morgan fingerprint density at radius 3 is 2.43 bits per heavy atom. The summed E-state index contributed by atoms with van der Waals surface area (Å²) in [4.78, 5) is 16.6. The molecule has 0 fully saturated rings. The number of aromatic nitrogens is 4. The fourth-order valence-electron chi connectivity index (χ4n) is 4.59. The number of rotatable bonds is 6. The molecule has 0 saturated heterocycles. The van der Waals surface area contributed by atoms with E-state index in [0.717, 1.165) is 33.3 Å². The van der Waals surface area contributed by atoms with Crippen molar-refractivity contribution in [2.75, 3.05) is 19.0 Å². The van der Waals surface area contributed by atoms with Crippen molar-refractivity contribution in [3.8, 4) is 17.1 Å². The molecule has 5 aromatic rings. The summed E-state index contributed by atoms with van der Waals surface area (Å²) < 4.78 is 7.02. The molecule has 0 saturated carbocycles. The van der Waals surface area contributed by atoms with E-state index in [4.69, 9.17) is 15.6 Å². The number of nitrogens with two attached hydrogens (primary N) is 1. The number of hydrogen-bond donors (Lipinski definition) is 2. The zero-order valence-electron chi connectivity index (χ0n) is 20.0. The number of carbonyl (C=O) groups excluding carboxylic acids is 1. The molecule has 9 nitrogen and oxygen atoms in total. The molecule has 0 spiro atoms. The molecule has 1 unspecified atom stereocenters. The van der Waals surface area contributed by atoms with Crippen LogP contribution in [-0.4, -0.2) is 45.6 Å². The number of primary amides is 1. The Bertz CT molecular complexity index is 1690. The number of nitrogens with one attached hydrogen (secondary N) is 1. The average Bonchev–Trinajstić information content (AvgIpc) is 3.38. The highest BCUT2D eigenvalue weighted by molar-refractivity contribution is 6.01. The number of nitrogens with zero attached hydrogens (tertiary/aromatic N) is 5. The first-order valence-corrected chi connectivity index (χ1v) is 11.7. The first-order valence-electron chi connectivity index (χ1n) is 11.7. The maximum atomic E-state index is 12.3. The number of dihydropyridines is 1. The van der Waals surface area contributed by atoms with Crippen molar-refractivity contribution in [3.63, 3.8) is 0 Å². The molecule has 3 N–H and O–H groups in total. The number of aliphatic imine (C=N–C) groups is 1. The largest absolute Gasteiger partial charge is 0.497 e. The van der Waals surface area contributed by atoms with Gasteiger partial charge >= 0.3 is 0 Å². The number of amides is 1. The molecule has 2 aromatic heterocycles. The third-order valence-corrected chi connectivity index (χ3v) is 6.63. The Hall–Kier alpha value is -5.05. The van der Waals surface area contributed by atoms with Gasteiger partial charge in [-0.25, -0.2) is 0 Å². The lowest BCUT2D eigenvalue weighted by atomic mass is 9.78. The van der Waals surface area contributed by atoms with Crippen LogP contribution in [0.5, 0.6) is 5.75 Å². The van der Waals surface area contributed by atoms with Gasteiger partial charge in [-0.15, -0.1) is 15.3 Å². The van der Waals surface area contributed by atoms with Gasteiger partial charge in [-0.2, -0.15) is 4.52 Å². The van der Waals surface area contributed by atoms with Crippen LogP contribution in [0.4, 0.5) is 11.5 Å². The third-order valence-electron chi connectivity index (χ3n) is 6.63. The Kier molecular flexibility index (Phi) is 5.37. The van der Waals surface area contributed by atoms with Gasteiger partial charge in [-0.1, -0.05) is 42.5 Å². The number of carbonyl (C=O) groups is 1. The summed E-state index contributed by atoms with van der Waals surface area (Å²) in [5.74, 6) is 1.60. The number of fused-ring (bicyclic) bond motifs is 3. The highest BCUT2D eigenvalue weighted by Gasteiger charge is 2.36. The molecule has 1 amide bonds. The smallest absolute Gasteiger partial charge is 0.233 e. The minimum absolute atomic E-state index is 0.288. The lowest BCUT2D eigenvalue weighted by Gasteiger charge is -2.27. The van der Waals surface area contributed by atoms with E-state index in [9.17, 15) is 4.79 Å². The first-order chi connectivity index (χ1) is 18.1. The molecule has 3 aromatic carbocycles. The molecule has 1 atom stereocenters. The fourth-order valence-corrected chi connectivity index (χ4v) is 4.59. The molecule has 37 heavy (non-hydrogen) atoms. The maximum absolute atomic E-state index is 12.3. The van der Waals surface area contributed by atoms with Crippen LogP contribution in [0.3, 0.4) is 0 Å². The van der Waals surface area contributed by atoms with Gasteiger partial charge in [0.2, 0.25) is 5.91 Å². The third kappa shape index (κ3) is 3.77. The lowest BCUT2D eigenvalue weighted by molar-refractivity contribution is -0.121. The predicted octanol–water partition coefficient (Wildman–Crippen LogP) is 4.06. The summed E-state index contributed by atoms with van der Waals surface area (Å²) in [5.41, 5.74) is 7.94. The van der Waals surface area contributed by atoms with E-state index in [1.54, 1.807) is 30.0 Å². The zero-order valence-corrected chi connectivity index (χ0v) is 20.0. The molecular formula is C28H23N7O2. The molecule has 1 aliphatic heterocycles. The highest BCUT2D eigenvalue weighted by atomic mass is 16.5. The van der Waals surface area contributed by atoms with E-state index in [1.807, 2.05) is 72.8 Å². The van der Waals surface area contributed by atoms with E-state index in [-0.39, 0.29) is 6.54 Å². The van der Waals surface area contributed by atoms with E-state index in [0.29, 0.717) is 17.3 Å². The summed E-state index contributed by atoms with van der Waals surface area (Å²) >= 11 is 0. The molecule has 9 heteroatoms. The Morgan fingerprint density at radius 1 is 1.00 bits per heavy atom. The van der Waals surface area contributed by atoms with Crippen molar-refractivity contribution < 1.29 is 9.53 Å². The normalized spacial score (nSPS) is 16.8. The Morgan fingerprint density at radius 2 is 1.76 bits per heavy atom. The van der Waals surface area contributed by atoms with Crippen LogP contribution in [0.15, 0.2) is 89.9 Å². The molecule has 1 aliphatic rings. The van der Waals surface area contributed by atoms with Gasteiger partial charge in [0.15, 0.2) is 17.3 Å². The second-order valence-electron chi connectivity index (χ2n) is 8.77. The quantitative estimate of drug-likeness (QED) is 0.371. The number of hydrogen-bond acceptors (Lipinski definition) is 7. The van der Waals surface area contributed by atoms with Crippen LogP contribution in [-0.2, 0) is 10.2 Å². The van der Waals surface area contributed by atoms with Crippen LogP contribution < -0.4 is 15.8 Å². The zero-order chi connectivity index (χ0) is 25.4. The Labute approximate surface area is 212 Å². The van der Waals surface area contributed by atoms with E-state index < -0.39 is 11.3 Å². The van der Waals surface area contributed by atoms with E-state index >= 15 is 0 Å². The van der Waals surface area contributed by atoms with Gasteiger partial charge in [0.25, 0.3) is 0 Å². The molecule has 6 rings (SSSR count). The number of methoxy groups -OCH3 is 1. The van der Waals surface area contributed by atoms with Crippen molar-refractivity contribution in [1.82, 2.24) is 19.8 Å². The van der Waals surface area contributed by atoms with Gasteiger partial charge in [0, 0.05) is 28.2 Å². The molecule has 0 radical (unpaired) electrons. The maximum Gasteiger partial charge on any atom is 0.233 e. The molecular weight excluding hydrogens is 466 g/mol. The summed E-state index contributed by atoms with van der Waals surface area (Å²) in [7, 11) is 1.63. The van der Waals surface area contributed by atoms with Crippen molar-refractivity contribution >= 4 is 40.0 Å². The fraction of sp³-hybridized carbons (Fsp3) is 0.107. The van der Waals surface area contributed by atoms with Gasteiger partial charge in [0.1, 0.15) is 11.2 Å². The summed E-state index contributed by atoms with van der Waals surface area (Å²) in [6, 6.07) is 23.1. The summed E-state index contributed by atoms with van der Waals surface area (Å²) in [6.45, 7) is 0.288. The molecule has 182 valence electrons. The minimum atomic E-state index is -0.952. The monoisotopic (exact) mass is 489 g/mol. The Balaban J connectivity index is 1.41. The predicted molar refractivity (Wildman–Crippen MR) is 143 cm³/mol. The van der Waals surface area contributed by atoms with E-state index in [1.165, 1.54) is 0 Å². The van der Waals surface area contributed by atoms with Gasteiger partial charge in [0.05, 0.1) is 13.7 Å². The van der Waals surface area contributed by atoms with E-state index in [2.05, 4.69) is 20.5 Å². The van der Waals surface area contributed by atoms with Crippen LogP contribution in [0, 0.1) is 0 Å². The van der Waals surface area contributed by atoms with Crippen molar-refractivity contribution in [2.45, 2.75) is 5.41 Å². The minimum Gasteiger partial charge on any atom is -0.497 e. The van der Waals surface area contributed by atoms with Crippen LogP contribution in [0.2, 0.25) is 0 Å².